The lowest BCUT2D eigenvalue weighted by molar-refractivity contribution is 0.0520. The van der Waals surface area contributed by atoms with E-state index in [1.807, 2.05) is 12.1 Å². The van der Waals surface area contributed by atoms with Crippen LogP contribution in [0.5, 0.6) is 0 Å². The molecule has 18 heavy (non-hydrogen) atoms. The maximum Gasteiger partial charge on any atom is 0.357 e. The number of thiazole rings is 1. The van der Waals surface area contributed by atoms with Gasteiger partial charge < -0.3 is 15.8 Å². The van der Waals surface area contributed by atoms with Crippen LogP contribution in [0.1, 0.15) is 17.4 Å². The number of hydrogen-bond acceptors (Lipinski definition) is 6. The van der Waals surface area contributed by atoms with Crippen molar-refractivity contribution in [1.82, 2.24) is 4.98 Å². The summed E-state index contributed by atoms with van der Waals surface area (Å²) in [6, 6.07) is 7.32. The highest BCUT2D eigenvalue weighted by Gasteiger charge is 2.11. The molecule has 0 bridgehead atoms. The van der Waals surface area contributed by atoms with Gasteiger partial charge in [0.1, 0.15) is 0 Å². The number of esters is 1. The van der Waals surface area contributed by atoms with E-state index in [1.165, 1.54) is 11.3 Å². The van der Waals surface area contributed by atoms with Crippen LogP contribution >= 0.6 is 11.3 Å². The minimum atomic E-state index is -0.408. The standard InChI is InChI=1S/C12H13N3O2S/c1-2-17-11(16)10-7-18-12(15-10)14-9-5-3-4-8(13)6-9/h3-7H,2,13H2,1H3,(H,14,15). The van der Waals surface area contributed by atoms with Gasteiger partial charge in [-0.2, -0.15) is 0 Å². The lowest BCUT2D eigenvalue weighted by Gasteiger charge is -2.02. The second-order valence-corrected chi connectivity index (χ2v) is 4.37. The summed E-state index contributed by atoms with van der Waals surface area (Å²) >= 11 is 1.34. The monoisotopic (exact) mass is 263 g/mol. The van der Waals surface area contributed by atoms with Gasteiger partial charge in [0.05, 0.1) is 6.61 Å². The van der Waals surface area contributed by atoms with Crippen molar-refractivity contribution in [2.24, 2.45) is 0 Å². The van der Waals surface area contributed by atoms with Gasteiger partial charge in [-0.1, -0.05) is 6.07 Å². The predicted octanol–water partition coefficient (Wildman–Crippen LogP) is 2.65. The largest absolute Gasteiger partial charge is 0.461 e. The molecule has 1 heterocycles. The van der Waals surface area contributed by atoms with Crippen LogP contribution in [0.2, 0.25) is 0 Å². The maximum absolute atomic E-state index is 11.4. The minimum absolute atomic E-state index is 0.313. The number of nitrogens with two attached hydrogens (primary N) is 1. The Hall–Kier alpha value is -2.08. The highest BCUT2D eigenvalue weighted by Crippen LogP contribution is 2.22. The number of anilines is 3. The van der Waals surface area contributed by atoms with E-state index in [-0.39, 0.29) is 0 Å². The summed E-state index contributed by atoms with van der Waals surface area (Å²) in [4.78, 5) is 15.6. The number of nitrogens with zero attached hydrogens (tertiary/aromatic N) is 1. The number of benzene rings is 1. The fourth-order valence-corrected chi connectivity index (χ4v) is 2.07. The number of nitrogen functional groups attached to an aromatic ring is 1. The molecule has 0 spiro atoms. The summed E-state index contributed by atoms with van der Waals surface area (Å²) in [6.07, 6.45) is 0. The van der Waals surface area contributed by atoms with Crippen molar-refractivity contribution in [2.75, 3.05) is 17.7 Å². The van der Waals surface area contributed by atoms with E-state index >= 15 is 0 Å². The molecule has 2 aromatic rings. The van der Waals surface area contributed by atoms with Crippen LogP contribution in [0.4, 0.5) is 16.5 Å². The van der Waals surface area contributed by atoms with Crippen molar-refractivity contribution in [3.05, 3.63) is 35.3 Å². The highest BCUT2D eigenvalue weighted by molar-refractivity contribution is 7.14. The summed E-state index contributed by atoms with van der Waals surface area (Å²) in [5.74, 6) is -0.408. The van der Waals surface area contributed by atoms with E-state index in [0.29, 0.717) is 23.1 Å². The molecule has 0 saturated carbocycles. The highest BCUT2D eigenvalue weighted by atomic mass is 32.1. The van der Waals surface area contributed by atoms with Crippen molar-refractivity contribution in [2.45, 2.75) is 6.92 Å². The van der Waals surface area contributed by atoms with E-state index in [0.717, 1.165) is 5.69 Å². The number of carbonyl (C=O) groups is 1. The van der Waals surface area contributed by atoms with Gasteiger partial charge in [0.2, 0.25) is 0 Å². The molecule has 0 amide bonds. The van der Waals surface area contributed by atoms with Crippen molar-refractivity contribution in [3.8, 4) is 0 Å². The zero-order valence-corrected chi connectivity index (χ0v) is 10.7. The first-order chi connectivity index (χ1) is 8.69. The summed E-state index contributed by atoms with van der Waals surface area (Å²) in [5, 5.41) is 5.37. The topological polar surface area (TPSA) is 77.2 Å². The third-order valence-corrected chi connectivity index (χ3v) is 2.88. The van der Waals surface area contributed by atoms with Crippen LogP contribution in [-0.4, -0.2) is 17.6 Å². The maximum atomic E-state index is 11.4. The quantitative estimate of drug-likeness (QED) is 0.655. The molecule has 0 radical (unpaired) electrons. The second kappa shape index (κ2) is 5.50. The van der Waals surface area contributed by atoms with E-state index in [9.17, 15) is 4.79 Å². The van der Waals surface area contributed by atoms with Gasteiger partial charge >= 0.3 is 5.97 Å². The Morgan fingerprint density at radius 2 is 2.39 bits per heavy atom. The smallest absolute Gasteiger partial charge is 0.357 e. The molecule has 2 rings (SSSR count). The third-order valence-electron chi connectivity index (χ3n) is 2.13. The zero-order valence-electron chi connectivity index (χ0n) is 9.84. The Balaban J connectivity index is 2.09. The van der Waals surface area contributed by atoms with Gasteiger partial charge in [0, 0.05) is 16.8 Å². The van der Waals surface area contributed by atoms with E-state index in [4.69, 9.17) is 10.5 Å². The van der Waals surface area contributed by atoms with Gasteiger partial charge in [0.25, 0.3) is 0 Å². The van der Waals surface area contributed by atoms with Gasteiger partial charge in [-0.15, -0.1) is 11.3 Å². The number of ether oxygens (including phenoxy) is 1. The molecule has 0 fully saturated rings. The van der Waals surface area contributed by atoms with Gasteiger partial charge in [-0.3, -0.25) is 0 Å². The Bertz CT molecular complexity index is 554. The first kappa shape index (κ1) is 12.4. The van der Waals surface area contributed by atoms with E-state index in [1.54, 1.807) is 24.4 Å². The van der Waals surface area contributed by atoms with E-state index < -0.39 is 5.97 Å². The van der Waals surface area contributed by atoms with Crippen LogP contribution in [0, 0.1) is 0 Å². The van der Waals surface area contributed by atoms with Gasteiger partial charge in [-0.25, -0.2) is 9.78 Å². The number of aromatic nitrogens is 1. The molecular formula is C12H13N3O2S. The SMILES string of the molecule is CCOC(=O)c1csc(Nc2cccc(N)c2)n1. The molecule has 0 aliphatic rings. The summed E-state index contributed by atoms with van der Waals surface area (Å²) in [6.45, 7) is 2.10. The molecule has 0 aliphatic carbocycles. The Morgan fingerprint density at radius 3 is 3.11 bits per heavy atom. The van der Waals surface area contributed by atoms with Crippen LogP contribution in [0.3, 0.4) is 0 Å². The first-order valence-corrected chi connectivity index (χ1v) is 6.32. The molecule has 5 nitrogen and oxygen atoms in total. The number of carbonyl (C=O) groups excluding carboxylic acids is 1. The lowest BCUT2D eigenvalue weighted by atomic mass is 10.3. The van der Waals surface area contributed by atoms with E-state index in [2.05, 4.69) is 10.3 Å². The van der Waals surface area contributed by atoms with Gasteiger partial charge in [-0.05, 0) is 25.1 Å². The number of hydrogen-bond donors (Lipinski definition) is 2. The zero-order chi connectivity index (χ0) is 13.0. The van der Waals surface area contributed by atoms with Crippen molar-refractivity contribution in [1.29, 1.82) is 0 Å². The lowest BCUT2D eigenvalue weighted by Crippen LogP contribution is -2.05. The molecule has 0 aliphatic heterocycles. The average Bonchev–Trinajstić information content (AvgIpc) is 2.78. The number of rotatable bonds is 4. The van der Waals surface area contributed by atoms with Crippen LogP contribution in [0.25, 0.3) is 0 Å². The molecule has 0 unspecified atom stereocenters. The summed E-state index contributed by atoms with van der Waals surface area (Å²) < 4.78 is 4.87. The van der Waals surface area contributed by atoms with Gasteiger partial charge in [0.15, 0.2) is 10.8 Å². The molecule has 0 saturated heterocycles. The normalized spacial score (nSPS) is 10.1. The molecule has 94 valence electrons. The van der Waals surface area contributed by atoms with Crippen LogP contribution in [-0.2, 0) is 4.74 Å². The summed E-state index contributed by atoms with van der Waals surface area (Å²) in [7, 11) is 0. The fraction of sp³-hybridized carbons (Fsp3) is 0.167. The molecule has 6 heteroatoms. The molecular weight excluding hydrogens is 250 g/mol. The Labute approximate surface area is 109 Å². The first-order valence-electron chi connectivity index (χ1n) is 5.44. The third kappa shape index (κ3) is 2.98. The van der Waals surface area contributed by atoms with Crippen molar-refractivity contribution < 1.29 is 9.53 Å². The fourth-order valence-electron chi connectivity index (χ4n) is 1.37. The second-order valence-electron chi connectivity index (χ2n) is 3.51. The number of nitrogens with one attached hydrogen (secondary N) is 1. The van der Waals surface area contributed by atoms with Crippen molar-refractivity contribution >= 4 is 33.8 Å². The molecule has 1 aromatic heterocycles. The molecule has 3 N–H and O–H groups in total. The Morgan fingerprint density at radius 1 is 1.56 bits per heavy atom. The van der Waals surface area contributed by atoms with Crippen molar-refractivity contribution in [3.63, 3.8) is 0 Å². The summed E-state index contributed by atoms with van der Waals surface area (Å²) in [5.41, 5.74) is 7.49. The Kier molecular flexibility index (Phi) is 3.78. The average molecular weight is 263 g/mol. The molecule has 1 aromatic carbocycles. The minimum Gasteiger partial charge on any atom is -0.461 e. The molecule has 0 atom stereocenters. The van der Waals surface area contributed by atoms with Crippen LogP contribution < -0.4 is 11.1 Å². The predicted molar refractivity (Wildman–Crippen MR) is 72.2 cm³/mol. The van der Waals surface area contributed by atoms with Crippen LogP contribution in [0.15, 0.2) is 29.6 Å².